The summed E-state index contributed by atoms with van der Waals surface area (Å²) < 4.78 is 0. The Morgan fingerprint density at radius 2 is 1.67 bits per heavy atom. The molecule has 0 saturated carbocycles. The molecular weight excluding hydrogens is 264 g/mol. The lowest BCUT2D eigenvalue weighted by molar-refractivity contribution is 0.0963. The first-order valence-corrected chi connectivity index (χ1v) is 7.47. The van der Waals surface area contributed by atoms with Crippen LogP contribution >= 0.6 is 0 Å². The third-order valence-electron chi connectivity index (χ3n) is 2.09. The summed E-state index contributed by atoms with van der Waals surface area (Å²) in [6.07, 6.45) is 4.45. The van der Waals surface area contributed by atoms with Crippen molar-refractivity contribution in [1.82, 2.24) is 10.3 Å². The Hall–Kier alpha value is -2.04. The van der Waals surface area contributed by atoms with E-state index in [4.69, 9.17) is 11.5 Å². The van der Waals surface area contributed by atoms with Gasteiger partial charge in [-0.1, -0.05) is 41.5 Å². The van der Waals surface area contributed by atoms with E-state index < -0.39 is 0 Å². The largest absolute Gasteiger partial charge is 0.405 e. The zero-order valence-electron chi connectivity index (χ0n) is 14.7. The van der Waals surface area contributed by atoms with Crippen LogP contribution in [-0.2, 0) is 0 Å². The lowest BCUT2D eigenvalue weighted by atomic mass is 10.1. The van der Waals surface area contributed by atoms with Crippen LogP contribution in [0, 0.1) is 6.92 Å². The molecule has 1 aromatic heterocycles. The molecule has 1 rings (SSSR count). The minimum atomic E-state index is -0.258. The van der Waals surface area contributed by atoms with Gasteiger partial charge in [0.05, 0.1) is 11.3 Å². The molecule has 1 heterocycles. The second kappa shape index (κ2) is 16.0. The third-order valence-corrected chi connectivity index (χ3v) is 2.09. The maximum absolute atomic E-state index is 11.4. The molecule has 1 aromatic rings. The molecule has 0 unspecified atom stereocenters. The molecule has 5 N–H and O–H groups in total. The van der Waals surface area contributed by atoms with Crippen LogP contribution in [0.2, 0.25) is 0 Å². The Kier molecular flexibility index (Phi) is 18.3. The van der Waals surface area contributed by atoms with Crippen molar-refractivity contribution in [2.45, 2.75) is 48.5 Å². The molecule has 0 aromatic carbocycles. The molecule has 5 nitrogen and oxygen atoms in total. The van der Waals surface area contributed by atoms with Crippen LogP contribution in [0.3, 0.4) is 0 Å². The zero-order chi connectivity index (χ0) is 17.4. The number of hydrogen-bond donors (Lipinski definition) is 3. The SMILES string of the molecule is CC.CC.CC.CNC(=O)c1cnc(C)c(/C=C\N)c1N. The van der Waals surface area contributed by atoms with Crippen LogP contribution in [0.15, 0.2) is 12.4 Å². The fraction of sp³-hybridized carbons (Fsp3) is 0.500. The van der Waals surface area contributed by atoms with Crippen molar-refractivity contribution in [3.8, 4) is 0 Å². The number of carbonyl (C=O) groups excluding carboxylic acids is 1. The van der Waals surface area contributed by atoms with Crippen LogP contribution in [0.5, 0.6) is 0 Å². The number of nitrogens with zero attached hydrogens (tertiary/aromatic N) is 1. The fourth-order valence-electron chi connectivity index (χ4n) is 1.26. The van der Waals surface area contributed by atoms with Gasteiger partial charge in [-0.2, -0.15) is 0 Å². The molecule has 1 amide bonds. The van der Waals surface area contributed by atoms with E-state index in [2.05, 4.69) is 10.3 Å². The van der Waals surface area contributed by atoms with E-state index in [9.17, 15) is 4.79 Å². The van der Waals surface area contributed by atoms with E-state index in [0.717, 1.165) is 5.69 Å². The first-order chi connectivity index (χ1) is 10.1. The first kappa shape index (κ1) is 24.0. The average Bonchev–Trinajstić information content (AvgIpc) is 2.56. The predicted molar refractivity (Wildman–Crippen MR) is 94.0 cm³/mol. The van der Waals surface area contributed by atoms with Gasteiger partial charge in [0.15, 0.2) is 0 Å². The molecule has 5 heteroatoms. The van der Waals surface area contributed by atoms with Crippen molar-refractivity contribution in [2.75, 3.05) is 12.8 Å². The topological polar surface area (TPSA) is 94.0 Å². The van der Waals surface area contributed by atoms with E-state index >= 15 is 0 Å². The Bertz CT molecular complexity index is 415. The van der Waals surface area contributed by atoms with Crippen LogP contribution in [0.1, 0.15) is 63.2 Å². The smallest absolute Gasteiger partial charge is 0.254 e. The minimum Gasteiger partial charge on any atom is -0.405 e. The van der Waals surface area contributed by atoms with Gasteiger partial charge in [-0.05, 0) is 19.2 Å². The zero-order valence-corrected chi connectivity index (χ0v) is 14.7. The molecule has 0 radical (unpaired) electrons. The minimum absolute atomic E-state index is 0.258. The Morgan fingerprint density at radius 3 is 2.05 bits per heavy atom. The van der Waals surface area contributed by atoms with Crippen molar-refractivity contribution < 1.29 is 4.79 Å². The number of aryl methyl sites for hydroxylation is 1. The highest BCUT2D eigenvalue weighted by molar-refractivity contribution is 6.00. The highest BCUT2D eigenvalue weighted by atomic mass is 16.1. The lowest BCUT2D eigenvalue weighted by Gasteiger charge is -2.09. The number of nitrogens with two attached hydrogens (primary N) is 2. The summed E-state index contributed by atoms with van der Waals surface area (Å²) in [6, 6.07) is 0. The van der Waals surface area contributed by atoms with Gasteiger partial charge in [0.1, 0.15) is 0 Å². The van der Waals surface area contributed by atoms with Crippen LogP contribution in [0.4, 0.5) is 5.69 Å². The number of nitrogens with one attached hydrogen (secondary N) is 1. The predicted octanol–water partition coefficient (Wildman–Crippen LogP) is 3.34. The molecule has 21 heavy (non-hydrogen) atoms. The van der Waals surface area contributed by atoms with Crippen LogP contribution < -0.4 is 16.8 Å². The van der Waals surface area contributed by atoms with Crippen molar-refractivity contribution in [3.63, 3.8) is 0 Å². The molecule has 0 saturated heterocycles. The van der Waals surface area contributed by atoms with Gasteiger partial charge in [-0.25, -0.2) is 0 Å². The Morgan fingerprint density at radius 1 is 1.19 bits per heavy atom. The highest BCUT2D eigenvalue weighted by Gasteiger charge is 2.12. The maximum Gasteiger partial charge on any atom is 0.254 e. The Labute approximate surface area is 129 Å². The van der Waals surface area contributed by atoms with Crippen molar-refractivity contribution in [1.29, 1.82) is 0 Å². The quantitative estimate of drug-likeness (QED) is 0.780. The van der Waals surface area contributed by atoms with Gasteiger partial charge < -0.3 is 16.8 Å². The number of aromatic nitrogens is 1. The summed E-state index contributed by atoms with van der Waals surface area (Å²) in [7, 11) is 1.54. The highest BCUT2D eigenvalue weighted by Crippen LogP contribution is 2.20. The van der Waals surface area contributed by atoms with Crippen molar-refractivity contribution in [3.05, 3.63) is 29.2 Å². The van der Waals surface area contributed by atoms with Gasteiger partial charge in [0, 0.05) is 24.5 Å². The standard InChI is InChI=1S/C10H14N4O.3C2H6/c1-6-7(3-4-11)9(12)8(5-14-6)10(15)13-2;3*1-2/h3-5H,11H2,1-2H3,(H2,12,14)(H,13,15);3*1-2H3/b4-3-;;;. The average molecular weight is 296 g/mol. The van der Waals surface area contributed by atoms with Gasteiger partial charge in [0.2, 0.25) is 0 Å². The number of amides is 1. The van der Waals surface area contributed by atoms with E-state index in [1.807, 2.05) is 41.5 Å². The van der Waals surface area contributed by atoms with Gasteiger partial charge >= 0.3 is 0 Å². The molecule has 122 valence electrons. The summed E-state index contributed by atoms with van der Waals surface area (Å²) in [6.45, 7) is 13.8. The van der Waals surface area contributed by atoms with E-state index in [1.165, 1.54) is 12.4 Å². The van der Waals surface area contributed by atoms with Crippen molar-refractivity contribution >= 4 is 17.7 Å². The number of rotatable bonds is 2. The number of nitrogen functional groups attached to an aromatic ring is 1. The second-order valence-corrected chi connectivity index (χ2v) is 3.02. The van der Waals surface area contributed by atoms with Gasteiger partial charge in [-0.15, -0.1) is 0 Å². The lowest BCUT2D eigenvalue weighted by Crippen LogP contribution is -2.20. The van der Waals surface area contributed by atoms with Crippen LogP contribution in [-0.4, -0.2) is 17.9 Å². The molecule has 0 atom stereocenters. The summed E-state index contributed by atoms with van der Waals surface area (Å²) in [4.78, 5) is 15.5. The number of carbonyl (C=O) groups is 1. The molecule has 0 bridgehead atoms. The second-order valence-electron chi connectivity index (χ2n) is 3.02. The first-order valence-electron chi connectivity index (χ1n) is 7.47. The Balaban J connectivity index is -0.000000478. The molecule has 0 aliphatic carbocycles. The fourth-order valence-corrected chi connectivity index (χ4v) is 1.26. The summed E-state index contributed by atoms with van der Waals surface area (Å²) in [5.74, 6) is -0.258. The maximum atomic E-state index is 11.4. The number of hydrogen-bond acceptors (Lipinski definition) is 4. The summed E-state index contributed by atoms with van der Waals surface area (Å²) in [5.41, 5.74) is 13.3. The molecule has 0 spiro atoms. The molecule has 0 fully saturated rings. The molecule has 0 aliphatic heterocycles. The van der Waals surface area contributed by atoms with Gasteiger partial charge in [-0.3, -0.25) is 9.78 Å². The molecule has 0 aliphatic rings. The third kappa shape index (κ3) is 7.97. The monoisotopic (exact) mass is 296 g/mol. The molecular formula is C16H32N4O. The van der Waals surface area contributed by atoms with Crippen molar-refractivity contribution in [2.24, 2.45) is 5.73 Å². The number of pyridine rings is 1. The summed E-state index contributed by atoms with van der Waals surface area (Å²) in [5, 5.41) is 2.50. The van der Waals surface area contributed by atoms with Crippen LogP contribution in [0.25, 0.3) is 6.08 Å². The van der Waals surface area contributed by atoms with E-state index in [-0.39, 0.29) is 5.91 Å². The van der Waals surface area contributed by atoms with Gasteiger partial charge in [0.25, 0.3) is 5.91 Å². The van der Waals surface area contributed by atoms with E-state index in [1.54, 1.807) is 20.0 Å². The number of anilines is 1. The normalized spacial score (nSPS) is 8.38. The van der Waals surface area contributed by atoms with E-state index in [0.29, 0.717) is 16.8 Å². The summed E-state index contributed by atoms with van der Waals surface area (Å²) >= 11 is 0.